The van der Waals surface area contributed by atoms with Crippen molar-refractivity contribution >= 4 is 29.9 Å². The summed E-state index contributed by atoms with van der Waals surface area (Å²) >= 11 is 0. The third-order valence-electron chi connectivity index (χ3n) is 2.84. The number of halogens is 1. The first-order valence-corrected chi connectivity index (χ1v) is 6.59. The Hall–Kier alpha value is -0.830. The summed E-state index contributed by atoms with van der Waals surface area (Å²) in [6.07, 6.45) is 3.90. The van der Waals surface area contributed by atoms with Gasteiger partial charge in [-0.1, -0.05) is 13.8 Å². The Morgan fingerprint density at radius 3 is 2.60 bits per heavy atom. The van der Waals surface area contributed by atoms with Gasteiger partial charge in [0.05, 0.1) is 12.2 Å². The fraction of sp³-hybridized carbons (Fsp3) is 0.692. The van der Waals surface area contributed by atoms with Gasteiger partial charge >= 0.3 is 0 Å². The van der Waals surface area contributed by atoms with Crippen molar-refractivity contribution in [2.45, 2.75) is 19.9 Å². The molecule has 0 fully saturated rings. The SMILES string of the molecule is CC(C)CN=C(N)NCC(c1cnn(C)c1)N(C)C.I. The summed E-state index contributed by atoms with van der Waals surface area (Å²) in [6, 6.07) is 0.224. The zero-order valence-electron chi connectivity index (χ0n) is 13.0. The van der Waals surface area contributed by atoms with Gasteiger partial charge in [0, 0.05) is 31.9 Å². The van der Waals surface area contributed by atoms with E-state index in [9.17, 15) is 0 Å². The van der Waals surface area contributed by atoms with Gasteiger partial charge in [0.25, 0.3) is 0 Å². The summed E-state index contributed by atoms with van der Waals surface area (Å²) < 4.78 is 1.81. The molecule has 0 bridgehead atoms. The molecule has 0 saturated carbocycles. The summed E-state index contributed by atoms with van der Waals surface area (Å²) in [7, 11) is 6.00. The topological polar surface area (TPSA) is 71.5 Å². The van der Waals surface area contributed by atoms with Gasteiger partial charge in [-0.2, -0.15) is 5.10 Å². The minimum Gasteiger partial charge on any atom is -0.370 e. The standard InChI is InChI=1S/C13H26N6.HI/c1-10(2)6-15-13(14)16-8-12(18(3)4)11-7-17-19(5)9-11;/h7,9-10,12H,6,8H2,1-5H3,(H3,14,15,16);1H. The molecule has 116 valence electrons. The zero-order chi connectivity index (χ0) is 14.4. The van der Waals surface area contributed by atoms with Crippen molar-refractivity contribution in [3.05, 3.63) is 18.0 Å². The van der Waals surface area contributed by atoms with Gasteiger partial charge < -0.3 is 16.0 Å². The maximum Gasteiger partial charge on any atom is 0.188 e. The van der Waals surface area contributed by atoms with Gasteiger partial charge in [-0.25, -0.2) is 0 Å². The van der Waals surface area contributed by atoms with Crippen LogP contribution in [0.1, 0.15) is 25.5 Å². The van der Waals surface area contributed by atoms with Crippen molar-refractivity contribution in [3.8, 4) is 0 Å². The molecule has 1 atom stereocenters. The predicted octanol–water partition coefficient (Wildman–Crippen LogP) is 1.20. The largest absolute Gasteiger partial charge is 0.370 e. The van der Waals surface area contributed by atoms with Gasteiger partial charge in [-0.15, -0.1) is 24.0 Å². The van der Waals surface area contributed by atoms with Gasteiger partial charge in [-0.05, 0) is 20.0 Å². The van der Waals surface area contributed by atoms with E-state index in [4.69, 9.17) is 5.73 Å². The van der Waals surface area contributed by atoms with Crippen LogP contribution in [-0.2, 0) is 7.05 Å². The van der Waals surface area contributed by atoms with Crippen LogP contribution >= 0.6 is 24.0 Å². The molecule has 0 aromatic carbocycles. The third-order valence-corrected chi connectivity index (χ3v) is 2.84. The van der Waals surface area contributed by atoms with Crippen LogP contribution in [0.15, 0.2) is 17.4 Å². The summed E-state index contributed by atoms with van der Waals surface area (Å²) in [5, 5.41) is 7.38. The smallest absolute Gasteiger partial charge is 0.188 e. The molecule has 0 aliphatic heterocycles. The van der Waals surface area contributed by atoms with E-state index in [0.29, 0.717) is 18.4 Å². The number of rotatable bonds is 6. The Bertz CT molecular complexity index is 413. The average molecular weight is 394 g/mol. The molecule has 0 amide bonds. The molecule has 1 aromatic heterocycles. The summed E-state index contributed by atoms with van der Waals surface area (Å²) in [5.41, 5.74) is 7.02. The molecule has 0 saturated heterocycles. The third kappa shape index (κ3) is 6.56. The van der Waals surface area contributed by atoms with Crippen molar-refractivity contribution in [1.82, 2.24) is 20.0 Å². The van der Waals surface area contributed by atoms with E-state index in [1.54, 1.807) is 0 Å². The van der Waals surface area contributed by atoms with Crippen LogP contribution in [-0.4, -0.2) is 47.8 Å². The molecule has 20 heavy (non-hydrogen) atoms. The van der Waals surface area contributed by atoms with E-state index in [-0.39, 0.29) is 30.0 Å². The van der Waals surface area contributed by atoms with Crippen LogP contribution in [0.2, 0.25) is 0 Å². The number of aromatic nitrogens is 2. The Kier molecular flexibility index (Phi) is 8.79. The lowest BCUT2D eigenvalue weighted by Gasteiger charge is -2.23. The number of likely N-dealkylation sites (N-methyl/N-ethyl adjacent to an activating group) is 1. The molecule has 1 heterocycles. The lowest BCUT2D eigenvalue weighted by atomic mass is 10.1. The number of guanidine groups is 1. The monoisotopic (exact) mass is 394 g/mol. The van der Waals surface area contributed by atoms with Gasteiger partial charge in [0.1, 0.15) is 0 Å². The van der Waals surface area contributed by atoms with Crippen LogP contribution in [0.25, 0.3) is 0 Å². The molecular weight excluding hydrogens is 367 g/mol. The van der Waals surface area contributed by atoms with E-state index in [1.165, 1.54) is 0 Å². The number of nitrogens with two attached hydrogens (primary N) is 1. The molecule has 1 rings (SSSR count). The second-order valence-electron chi connectivity index (χ2n) is 5.43. The summed E-state index contributed by atoms with van der Waals surface area (Å²) in [5.74, 6) is 1.02. The van der Waals surface area contributed by atoms with Crippen molar-refractivity contribution in [3.63, 3.8) is 0 Å². The molecular formula is C13H27IN6. The molecule has 1 aromatic rings. The first-order valence-electron chi connectivity index (χ1n) is 6.59. The van der Waals surface area contributed by atoms with E-state index >= 15 is 0 Å². The van der Waals surface area contributed by atoms with Crippen molar-refractivity contribution in [2.24, 2.45) is 23.7 Å². The lowest BCUT2D eigenvalue weighted by Crippen LogP contribution is -2.38. The molecule has 0 spiro atoms. The number of hydrogen-bond acceptors (Lipinski definition) is 3. The fourth-order valence-corrected chi connectivity index (χ4v) is 1.75. The molecule has 0 radical (unpaired) electrons. The quantitative estimate of drug-likeness (QED) is 0.432. The highest BCUT2D eigenvalue weighted by molar-refractivity contribution is 14.0. The minimum absolute atomic E-state index is 0. The van der Waals surface area contributed by atoms with Crippen molar-refractivity contribution < 1.29 is 0 Å². The maximum absolute atomic E-state index is 5.85. The Morgan fingerprint density at radius 1 is 1.50 bits per heavy atom. The number of nitrogens with zero attached hydrogens (tertiary/aromatic N) is 4. The molecule has 7 heteroatoms. The fourth-order valence-electron chi connectivity index (χ4n) is 1.75. The Morgan fingerprint density at radius 2 is 2.15 bits per heavy atom. The Balaban J connectivity index is 0.00000361. The highest BCUT2D eigenvalue weighted by Gasteiger charge is 2.15. The van der Waals surface area contributed by atoms with E-state index < -0.39 is 0 Å². The number of nitrogens with one attached hydrogen (secondary N) is 1. The Labute approximate surface area is 138 Å². The van der Waals surface area contributed by atoms with Crippen LogP contribution < -0.4 is 11.1 Å². The zero-order valence-corrected chi connectivity index (χ0v) is 15.3. The van der Waals surface area contributed by atoms with Gasteiger partial charge in [-0.3, -0.25) is 9.67 Å². The van der Waals surface area contributed by atoms with Crippen LogP contribution in [0.5, 0.6) is 0 Å². The number of aliphatic imine (C=N–C) groups is 1. The highest BCUT2D eigenvalue weighted by Crippen LogP contribution is 2.15. The molecule has 6 nitrogen and oxygen atoms in total. The summed E-state index contributed by atoms with van der Waals surface area (Å²) in [6.45, 7) is 5.70. The van der Waals surface area contributed by atoms with Crippen LogP contribution in [0.4, 0.5) is 0 Å². The van der Waals surface area contributed by atoms with Crippen molar-refractivity contribution in [1.29, 1.82) is 0 Å². The normalized spacial score (nSPS) is 13.4. The van der Waals surface area contributed by atoms with Crippen LogP contribution in [0.3, 0.4) is 0 Å². The second kappa shape index (κ2) is 9.17. The predicted molar refractivity (Wildman–Crippen MR) is 94.4 cm³/mol. The minimum atomic E-state index is 0. The van der Waals surface area contributed by atoms with Crippen LogP contribution in [0, 0.1) is 5.92 Å². The number of hydrogen-bond donors (Lipinski definition) is 2. The molecule has 0 aliphatic rings. The van der Waals surface area contributed by atoms with E-state index in [2.05, 4.69) is 34.2 Å². The molecule has 1 unspecified atom stereocenters. The highest BCUT2D eigenvalue weighted by atomic mass is 127. The maximum atomic E-state index is 5.85. The van der Waals surface area contributed by atoms with Crippen molar-refractivity contribution in [2.75, 3.05) is 27.2 Å². The average Bonchev–Trinajstić information content (AvgIpc) is 2.73. The molecule has 0 aliphatic carbocycles. The summed E-state index contributed by atoms with van der Waals surface area (Å²) in [4.78, 5) is 6.44. The molecule has 3 N–H and O–H groups in total. The number of aryl methyl sites for hydroxylation is 1. The first kappa shape index (κ1) is 19.2. The first-order chi connectivity index (χ1) is 8.90. The van der Waals surface area contributed by atoms with Gasteiger partial charge in [0.15, 0.2) is 5.96 Å². The van der Waals surface area contributed by atoms with Gasteiger partial charge in [0.2, 0.25) is 0 Å². The van der Waals surface area contributed by atoms with E-state index in [0.717, 1.165) is 12.1 Å². The van der Waals surface area contributed by atoms with E-state index in [1.807, 2.05) is 38.2 Å². The lowest BCUT2D eigenvalue weighted by molar-refractivity contribution is 0.298. The second-order valence-corrected chi connectivity index (χ2v) is 5.43.